The number of amidine groups is 1. The third kappa shape index (κ3) is 3.67. The van der Waals surface area contributed by atoms with Gasteiger partial charge in [0.2, 0.25) is 5.91 Å². The van der Waals surface area contributed by atoms with Crippen molar-refractivity contribution in [3.05, 3.63) is 60.5 Å². The molecule has 1 unspecified atom stereocenters. The fraction of sp³-hybridized carbons (Fsp3) is 0.500. The van der Waals surface area contributed by atoms with Crippen molar-refractivity contribution in [2.75, 3.05) is 40.8 Å². The van der Waals surface area contributed by atoms with Gasteiger partial charge in [0.25, 0.3) is 0 Å². The summed E-state index contributed by atoms with van der Waals surface area (Å²) in [6.45, 7) is 6.44. The monoisotopic (exact) mass is 435 g/mol. The van der Waals surface area contributed by atoms with Gasteiger partial charge < -0.3 is 24.9 Å². The van der Waals surface area contributed by atoms with Crippen molar-refractivity contribution in [2.24, 2.45) is 10.5 Å². The largest absolute Gasteiger partial charge is 0.376 e. The van der Waals surface area contributed by atoms with Gasteiger partial charge in [-0.15, -0.1) is 0 Å². The Morgan fingerprint density at radius 1 is 1.28 bits per heavy atom. The van der Waals surface area contributed by atoms with E-state index in [1.54, 1.807) is 5.01 Å². The Hall–Kier alpha value is -3.16. The number of allylic oxidation sites excluding steroid dienone is 1. The van der Waals surface area contributed by atoms with Gasteiger partial charge in [0.05, 0.1) is 11.4 Å². The number of hydrazone groups is 1. The number of rotatable bonds is 4. The lowest BCUT2D eigenvalue weighted by atomic mass is 9.68. The van der Waals surface area contributed by atoms with Crippen molar-refractivity contribution in [1.82, 2.24) is 29.9 Å². The zero-order chi connectivity index (χ0) is 22.5. The molecule has 8 heteroatoms. The molecule has 4 aliphatic heterocycles. The zero-order valence-corrected chi connectivity index (χ0v) is 19.3. The lowest BCUT2D eigenvalue weighted by Gasteiger charge is -2.39. The molecule has 0 aromatic rings. The second-order valence-electron chi connectivity index (χ2n) is 9.72. The zero-order valence-electron chi connectivity index (χ0n) is 19.3. The fourth-order valence-corrected chi connectivity index (χ4v) is 5.15. The van der Waals surface area contributed by atoms with Crippen LogP contribution < -0.4 is 5.32 Å². The van der Waals surface area contributed by atoms with Crippen molar-refractivity contribution in [3.63, 3.8) is 0 Å². The maximum absolute atomic E-state index is 12.9. The first-order valence-electron chi connectivity index (χ1n) is 11.4. The van der Waals surface area contributed by atoms with Gasteiger partial charge in [0, 0.05) is 64.6 Å². The number of likely N-dealkylation sites (N-methyl/N-ethyl adjacent to an activating group) is 2. The van der Waals surface area contributed by atoms with E-state index in [0.29, 0.717) is 5.41 Å². The fourth-order valence-electron chi connectivity index (χ4n) is 5.15. The molecule has 0 bridgehead atoms. The molecule has 5 rings (SSSR count). The van der Waals surface area contributed by atoms with Gasteiger partial charge >= 0.3 is 0 Å². The molecule has 0 aromatic heterocycles. The topological polar surface area (TPSA) is 57.7 Å². The van der Waals surface area contributed by atoms with E-state index >= 15 is 0 Å². The van der Waals surface area contributed by atoms with E-state index in [-0.39, 0.29) is 18.6 Å². The number of hydrogen-bond donors (Lipinski definition) is 1. The standard InChI is InChI=1S/C24H33N7O/c1-18-20(27(2)3)15-21(30-11-9-24(17-30)7-5-8-24)26-31(18)16-22(32)25-19-6-10-29-13-12-28(4)23(29)14-19/h6,10,12-15,23H,1,5,7-9,11,16-17H2,2-4H3,(H,25,32). The van der Waals surface area contributed by atoms with Gasteiger partial charge in [-0.1, -0.05) is 13.0 Å². The second-order valence-corrected chi connectivity index (χ2v) is 9.72. The number of carbonyl (C=O) groups is 1. The minimum atomic E-state index is -0.107. The molecule has 1 aliphatic carbocycles. The molecule has 4 heterocycles. The Morgan fingerprint density at radius 3 is 2.78 bits per heavy atom. The van der Waals surface area contributed by atoms with E-state index in [4.69, 9.17) is 5.10 Å². The van der Waals surface area contributed by atoms with Crippen LogP contribution in [0.1, 0.15) is 25.7 Å². The molecule has 1 N–H and O–H groups in total. The maximum atomic E-state index is 12.9. The summed E-state index contributed by atoms with van der Waals surface area (Å²) in [5, 5.41) is 9.63. The summed E-state index contributed by atoms with van der Waals surface area (Å²) in [6.07, 6.45) is 17.4. The Labute approximate surface area is 190 Å². The van der Waals surface area contributed by atoms with Crippen LogP contribution in [0.5, 0.6) is 0 Å². The Kier molecular flexibility index (Phi) is 5.03. The Morgan fingerprint density at radius 2 is 2.09 bits per heavy atom. The van der Waals surface area contributed by atoms with E-state index in [1.807, 2.05) is 56.8 Å². The first-order valence-corrected chi connectivity index (χ1v) is 11.4. The Bertz CT molecular complexity index is 969. The lowest BCUT2D eigenvalue weighted by Crippen LogP contribution is -2.42. The second kappa shape index (κ2) is 7.76. The number of nitrogens with zero attached hydrogens (tertiary/aromatic N) is 6. The van der Waals surface area contributed by atoms with E-state index in [0.717, 1.165) is 36.0 Å². The number of hydrogen-bond acceptors (Lipinski definition) is 7. The predicted molar refractivity (Wildman–Crippen MR) is 125 cm³/mol. The summed E-state index contributed by atoms with van der Waals surface area (Å²) >= 11 is 0. The molecule has 0 aromatic carbocycles. The quantitative estimate of drug-likeness (QED) is 0.729. The highest BCUT2D eigenvalue weighted by Gasteiger charge is 2.44. The average Bonchev–Trinajstić information content (AvgIpc) is 3.34. The highest BCUT2D eigenvalue weighted by atomic mass is 16.2. The van der Waals surface area contributed by atoms with Gasteiger partial charge in [-0.05, 0) is 36.8 Å². The first-order chi connectivity index (χ1) is 15.3. The molecular formula is C24H33N7O. The highest BCUT2D eigenvalue weighted by Crippen LogP contribution is 2.48. The summed E-state index contributed by atoms with van der Waals surface area (Å²) in [5.74, 6) is 0.827. The molecule has 2 fully saturated rings. The molecule has 0 radical (unpaired) electrons. The normalized spacial score (nSPS) is 25.5. The van der Waals surface area contributed by atoms with Crippen LogP contribution in [0, 0.1) is 5.41 Å². The van der Waals surface area contributed by atoms with Gasteiger partial charge in [-0.3, -0.25) is 9.80 Å². The molecule has 170 valence electrons. The van der Waals surface area contributed by atoms with Crippen LogP contribution in [0.15, 0.2) is 65.6 Å². The third-order valence-corrected chi connectivity index (χ3v) is 7.28. The minimum absolute atomic E-state index is 0.0992. The SMILES string of the molecule is C=C1C(N(C)C)=CC(N2CCC3(CCC3)C2)=NN1CC(=O)NC1=CC2N(C)C=CN2C=C1. The van der Waals surface area contributed by atoms with Crippen molar-refractivity contribution in [3.8, 4) is 0 Å². The lowest BCUT2D eigenvalue weighted by molar-refractivity contribution is -0.121. The molecule has 1 saturated heterocycles. The van der Waals surface area contributed by atoms with Crippen molar-refractivity contribution >= 4 is 11.7 Å². The molecule has 8 nitrogen and oxygen atoms in total. The summed E-state index contributed by atoms with van der Waals surface area (Å²) in [4.78, 5) is 21.5. The molecular weight excluding hydrogens is 402 g/mol. The molecule has 1 saturated carbocycles. The van der Waals surface area contributed by atoms with Gasteiger partial charge in [0.1, 0.15) is 12.7 Å². The number of likely N-dealkylation sites (tertiary alicyclic amines) is 1. The van der Waals surface area contributed by atoms with Gasteiger partial charge in [0.15, 0.2) is 5.84 Å². The van der Waals surface area contributed by atoms with Crippen LogP contribution in [0.25, 0.3) is 0 Å². The van der Waals surface area contributed by atoms with Crippen LogP contribution in [-0.2, 0) is 4.79 Å². The van der Waals surface area contributed by atoms with Crippen molar-refractivity contribution < 1.29 is 4.79 Å². The van der Waals surface area contributed by atoms with Crippen molar-refractivity contribution in [1.29, 1.82) is 0 Å². The number of amides is 1. The molecule has 32 heavy (non-hydrogen) atoms. The number of fused-ring (bicyclic) bond motifs is 1. The third-order valence-electron chi connectivity index (χ3n) is 7.28. The van der Waals surface area contributed by atoms with E-state index in [1.165, 1.54) is 25.7 Å². The van der Waals surface area contributed by atoms with Crippen LogP contribution in [0.3, 0.4) is 0 Å². The summed E-state index contributed by atoms with van der Waals surface area (Å²) < 4.78 is 0. The molecule has 1 amide bonds. The predicted octanol–water partition coefficient (Wildman–Crippen LogP) is 2.02. The van der Waals surface area contributed by atoms with Gasteiger partial charge in [-0.2, -0.15) is 5.10 Å². The first kappa shape index (κ1) is 20.7. The minimum Gasteiger partial charge on any atom is -0.376 e. The highest BCUT2D eigenvalue weighted by molar-refractivity contribution is 5.95. The van der Waals surface area contributed by atoms with E-state index < -0.39 is 0 Å². The molecule has 5 aliphatic rings. The number of carbonyl (C=O) groups excluding carboxylic acids is 1. The number of nitrogens with one attached hydrogen (secondary N) is 1. The molecule has 1 spiro atoms. The summed E-state index contributed by atoms with van der Waals surface area (Å²) in [7, 11) is 6.03. The van der Waals surface area contributed by atoms with Crippen LogP contribution in [-0.4, -0.2) is 83.3 Å². The average molecular weight is 436 g/mol. The van der Waals surface area contributed by atoms with Crippen LogP contribution in [0.2, 0.25) is 0 Å². The van der Waals surface area contributed by atoms with Gasteiger partial charge in [-0.25, -0.2) is 0 Å². The van der Waals surface area contributed by atoms with Crippen LogP contribution in [0.4, 0.5) is 0 Å². The molecule has 1 atom stereocenters. The maximum Gasteiger partial charge on any atom is 0.246 e. The summed E-state index contributed by atoms with van der Waals surface area (Å²) in [5.41, 5.74) is 3.02. The van der Waals surface area contributed by atoms with Crippen LogP contribution >= 0.6 is 0 Å². The Balaban J connectivity index is 1.28. The van der Waals surface area contributed by atoms with E-state index in [2.05, 4.69) is 32.7 Å². The van der Waals surface area contributed by atoms with E-state index in [9.17, 15) is 4.79 Å². The smallest absolute Gasteiger partial charge is 0.246 e. The van der Waals surface area contributed by atoms with Crippen molar-refractivity contribution in [2.45, 2.75) is 31.8 Å². The summed E-state index contributed by atoms with van der Waals surface area (Å²) in [6, 6.07) is 0.